The van der Waals surface area contributed by atoms with Gasteiger partial charge in [0, 0.05) is 23.7 Å². The van der Waals surface area contributed by atoms with Crippen molar-refractivity contribution < 1.29 is 19.4 Å². The van der Waals surface area contributed by atoms with Crippen molar-refractivity contribution >= 4 is 45.7 Å². The lowest BCUT2D eigenvalue weighted by Crippen LogP contribution is -2.29. The molecule has 0 spiro atoms. The van der Waals surface area contributed by atoms with Crippen LogP contribution >= 0.6 is 23.1 Å². The second-order valence-corrected chi connectivity index (χ2v) is 10.6. The molecular weight excluding hydrogens is 520 g/mol. The Bertz CT molecular complexity index is 1470. The van der Waals surface area contributed by atoms with Gasteiger partial charge in [-0.15, -0.1) is 10.2 Å². The minimum absolute atomic E-state index is 0.0254. The highest BCUT2D eigenvalue weighted by molar-refractivity contribution is 8.00. The molecule has 4 aromatic rings. The van der Waals surface area contributed by atoms with Crippen molar-refractivity contribution in [1.82, 2.24) is 15.2 Å². The van der Waals surface area contributed by atoms with E-state index in [2.05, 4.69) is 15.2 Å². The highest BCUT2D eigenvalue weighted by Crippen LogP contribution is 2.44. The SMILES string of the molecule is CCCOc1cccc(C2/C(=C(\O)c3ccncc3)C(=O)C(=O)N2c2nnc(SCc3ccccc3)s2)c1. The number of ketones is 1. The molecule has 0 aliphatic carbocycles. The number of pyridine rings is 1. The van der Waals surface area contributed by atoms with Gasteiger partial charge in [-0.25, -0.2) is 0 Å². The third-order valence-corrected chi connectivity index (χ3v) is 7.98. The molecule has 192 valence electrons. The van der Waals surface area contributed by atoms with E-state index in [-0.39, 0.29) is 16.5 Å². The van der Waals surface area contributed by atoms with E-state index in [4.69, 9.17) is 4.74 Å². The van der Waals surface area contributed by atoms with Gasteiger partial charge in [-0.3, -0.25) is 19.5 Å². The number of rotatable bonds is 9. The molecule has 1 N–H and O–H groups in total. The van der Waals surface area contributed by atoms with E-state index in [1.165, 1.54) is 40.4 Å². The van der Waals surface area contributed by atoms with Crippen molar-refractivity contribution in [3.63, 3.8) is 0 Å². The molecule has 0 saturated carbocycles. The van der Waals surface area contributed by atoms with Gasteiger partial charge in [-0.1, -0.05) is 72.5 Å². The minimum atomic E-state index is -0.909. The molecule has 1 aliphatic rings. The van der Waals surface area contributed by atoms with Crippen molar-refractivity contribution in [2.45, 2.75) is 29.5 Å². The Morgan fingerprint density at radius 2 is 1.84 bits per heavy atom. The maximum Gasteiger partial charge on any atom is 0.301 e. The quantitative estimate of drug-likeness (QED) is 0.0949. The smallest absolute Gasteiger partial charge is 0.301 e. The Kier molecular flexibility index (Phi) is 7.81. The molecule has 1 saturated heterocycles. The fourth-order valence-corrected chi connectivity index (χ4v) is 5.91. The van der Waals surface area contributed by atoms with Crippen molar-refractivity contribution in [2.75, 3.05) is 11.5 Å². The average molecular weight is 545 g/mol. The number of carbonyl (C=O) groups is 2. The summed E-state index contributed by atoms with van der Waals surface area (Å²) >= 11 is 2.73. The highest BCUT2D eigenvalue weighted by atomic mass is 32.2. The predicted molar refractivity (Wildman–Crippen MR) is 147 cm³/mol. The number of aliphatic hydroxyl groups excluding tert-OH is 1. The van der Waals surface area contributed by atoms with Gasteiger partial charge in [-0.05, 0) is 41.8 Å². The van der Waals surface area contributed by atoms with E-state index in [0.717, 1.165) is 12.0 Å². The molecule has 0 radical (unpaired) electrons. The van der Waals surface area contributed by atoms with Crippen LogP contribution in [-0.4, -0.2) is 38.6 Å². The van der Waals surface area contributed by atoms with E-state index >= 15 is 0 Å². The van der Waals surface area contributed by atoms with Crippen LogP contribution in [0.3, 0.4) is 0 Å². The number of thioether (sulfide) groups is 1. The second kappa shape index (κ2) is 11.6. The number of carbonyl (C=O) groups excluding carboxylic acids is 2. The van der Waals surface area contributed by atoms with Gasteiger partial charge in [0.2, 0.25) is 5.13 Å². The molecule has 5 rings (SSSR count). The van der Waals surface area contributed by atoms with E-state index in [0.29, 0.717) is 33.6 Å². The number of hydrogen-bond acceptors (Lipinski definition) is 9. The molecule has 3 heterocycles. The Morgan fingerprint density at radius 1 is 1.05 bits per heavy atom. The number of nitrogens with zero attached hydrogens (tertiary/aromatic N) is 4. The number of ether oxygens (including phenoxy) is 1. The molecule has 8 nitrogen and oxygen atoms in total. The van der Waals surface area contributed by atoms with Gasteiger partial charge in [-0.2, -0.15) is 0 Å². The Labute approximate surface area is 228 Å². The van der Waals surface area contributed by atoms with Crippen LogP contribution in [0.2, 0.25) is 0 Å². The first-order valence-corrected chi connectivity index (χ1v) is 13.8. The third kappa shape index (κ3) is 5.32. The van der Waals surface area contributed by atoms with E-state index in [1.807, 2.05) is 43.3 Å². The maximum absolute atomic E-state index is 13.4. The van der Waals surface area contributed by atoms with Gasteiger partial charge < -0.3 is 9.84 Å². The fraction of sp³-hybridized carbons (Fsp3) is 0.179. The molecule has 1 unspecified atom stereocenters. The Balaban J connectivity index is 1.55. The summed E-state index contributed by atoms with van der Waals surface area (Å²) in [6, 6.07) is 19.4. The van der Waals surface area contributed by atoms with Crippen LogP contribution in [0.25, 0.3) is 5.76 Å². The van der Waals surface area contributed by atoms with Gasteiger partial charge in [0.25, 0.3) is 5.78 Å². The first kappa shape index (κ1) is 25.6. The fourth-order valence-electron chi connectivity index (χ4n) is 4.08. The van der Waals surface area contributed by atoms with Crippen molar-refractivity contribution in [1.29, 1.82) is 0 Å². The first-order valence-electron chi connectivity index (χ1n) is 12.0. The van der Waals surface area contributed by atoms with Crippen LogP contribution in [0.5, 0.6) is 5.75 Å². The molecule has 10 heteroatoms. The lowest BCUT2D eigenvalue weighted by Gasteiger charge is -2.23. The first-order chi connectivity index (χ1) is 18.6. The molecule has 38 heavy (non-hydrogen) atoms. The number of benzene rings is 2. The minimum Gasteiger partial charge on any atom is -0.507 e. The molecule has 2 aromatic heterocycles. The van der Waals surface area contributed by atoms with Crippen LogP contribution in [0, 0.1) is 0 Å². The maximum atomic E-state index is 13.4. The summed E-state index contributed by atoms with van der Waals surface area (Å²) in [5.74, 6) is -0.549. The number of aromatic nitrogens is 3. The molecule has 1 fully saturated rings. The zero-order valence-corrected chi connectivity index (χ0v) is 22.1. The molecule has 2 aromatic carbocycles. The number of amides is 1. The van der Waals surface area contributed by atoms with Crippen LogP contribution in [-0.2, 0) is 15.3 Å². The van der Waals surface area contributed by atoms with E-state index in [1.54, 1.807) is 30.3 Å². The summed E-state index contributed by atoms with van der Waals surface area (Å²) in [7, 11) is 0. The Morgan fingerprint density at radius 3 is 2.61 bits per heavy atom. The molecule has 1 atom stereocenters. The standard InChI is InChI=1S/C28H24N4O4S2/c1-2-15-36-21-10-6-9-20(16-21)23-22(24(33)19-11-13-29-14-12-19)25(34)26(35)32(23)27-30-31-28(38-27)37-17-18-7-4-3-5-8-18/h3-14,16,23,33H,2,15,17H2,1H3/b24-22+. The topological polar surface area (TPSA) is 106 Å². The summed E-state index contributed by atoms with van der Waals surface area (Å²) in [5, 5.41) is 20.0. The zero-order valence-electron chi connectivity index (χ0n) is 20.5. The summed E-state index contributed by atoms with van der Waals surface area (Å²) in [4.78, 5) is 32.1. The van der Waals surface area contributed by atoms with Crippen molar-refractivity contribution in [3.8, 4) is 5.75 Å². The number of anilines is 1. The summed E-state index contributed by atoms with van der Waals surface area (Å²) in [6.45, 7) is 2.54. The molecule has 1 aliphatic heterocycles. The molecular formula is C28H24N4O4S2. The largest absolute Gasteiger partial charge is 0.507 e. The summed E-state index contributed by atoms with van der Waals surface area (Å²) < 4.78 is 6.47. The highest BCUT2D eigenvalue weighted by Gasteiger charge is 2.48. The summed E-state index contributed by atoms with van der Waals surface area (Å²) in [5.41, 5.74) is 2.11. The van der Waals surface area contributed by atoms with Crippen molar-refractivity contribution in [2.24, 2.45) is 0 Å². The zero-order chi connectivity index (χ0) is 26.5. The van der Waals surface area contributed by atoms with Crippen LogP contribution in [0.1, 0.15) is 36.1 Å². The normalized spacial score (nSPS) is 16.7. The van der Waals surface area contributed by atoms with E-state index in [9.17, 15) is 14.7 Å². The predicted octanol–water partition coefficient (Wildman–Crippen LogP) is 5.64. The van der Waals surface area contributed by atoms with Gasteiger partial charge >= 0.3 is 5.91 Å². The van der Waals surface area contributed by atoms with Crippen LogP contribution in [0.4, 0.5) is 5.13 Å². The average Bonchev–Trinajstić information content (AvgIpc) is 3.53. The lowest BCUT2D eigenvalue weighted by atomic mass is 9.95. The van der Waals surface area contributed by atoms with Crippen LogP contribution in [0.15, 0.2) is 89.0 Å². The molecule has 0 bridgehead atoms. The monoisotopic (exact) mass is 544 g/mol. The van der Waals surface area contributed by atoms with E-state index < -0.39 is 17.7 Å². The Hall–Kier alpha value is -4.02. The molecule has 1 amide bonds. The lowest BCUT2D eigenvalue weighted by molar-refractivity contribution is -0.132. The number of hydrogen-bond donors (Lipinski definition) is 1. The third-order valence-electron chi connectivity index (χ3n) is 5.85. The van der Waals surface area contributed by atoms with Gasteiger partial charge in [0.1, 0.15) is 11.5 Å². The second-order valence-electron chi connectivity index (χ2n) is 8.45. The summed E-state index contributed by atoms with van der Waals surface area (Å²) in [6.07, 6.45) is 3.86. The van der Waals surface area contributed by atoms with Gasteiger partial charge in [0.15, 0.2) is 4.34 Å². The number of aliphatic hydroxyl groups is 1. The van der Waals surface area contributed by atoms with Crippen LogP contribution < -0.4 is 9.64 Å². The van der Waals surface area contributed by atoms with Crippen molar-refractivity contribution in [3.05, 3.63) is 101 Å². The van der Waals surface area contributed by atoms with Gasteiger partial charge in [0.05, 0.1) is 18.2 Å². The number of Topliss-reactive ketones (excluding diaryl/α,β-unsaturated/α-hetero) is 1.